The lowest BCUT2D eigenvalue weighted by molar-refractivity contribution is 0.712. The molecule has 0 spiro atoms. The molecular weight excluding hydrogens is 240 g/mol. The topological polar surface area (TPSA) is 64.9 Å². The van der Waals surface area contributed by atoms with Gasteiger partial charge in [-0.15, -0.1) is 0 Å². The van der Waals surface area contributed by atoms with E-state index in [9.17, 15) is 0 Å². The molecule has 6 heteroatoms. The molecule has 0 atom stereocenters. The van der Waals surface area contributed by atoms with Crippen molar-refractivity contribution < 1.29 is 0 Å². The van der Waals surface area contributed by atoms with E-state index in [-0.39, 0.29) is 0 Å². The molecule has 2 rings (SSSR count). The van der Waals surface area contributed by atoms with Crippen molar-refractivity contribution in [2.75, 3.05) is 17.7 Å². The first-order valence-electron chi connectivity index (χ1n) is 6.53. The second-order valence-electron chi connectivity index (χ2n) is 4.94. The van der Waals surface area contributed by atoms with Crippen LogP contribution in [0.15, 0.2) is 12.4 Å². The summed E-state index contributed by atoms with van der Waals surface area (Å²) in [4.78, 5) is 2.11. The molecular formula is C13H22N6. The minimum atomic E-state index is 0.767. The maximum Gasteiger partial charge on any atom is 0.150 e. The molecule has 0 saturated heterocycles. The molecule has 0 aliphatic heterocycles. The smallest absolute Gasteiger partial charge is 0.150 e. The van der Waals surface area contributed by atoms with Crippen LogP contribution >= 0.6 is 0 Å². The molecule has 0 aromatic carbocycles. The summed E-state index contributed by atoms with van der Waals surface area (Å²) in [7, 11) is 5.88. The van der Waals surface area contributed by atoms with E-state index in [1.807, 2.05) is 38.2 Å². The van der Waals surface area contributed by atoms with Crippen molar-refractivity contribution in [3.05, 3.63) is 23.7 Å². The third-order valence-corrected chi connectivity index (χ3v) is 3.16. The van der Waals surface area contributed by atoms with Crippen LogP contribution in [0.25, 0.3) is 0 Å². The Kier molecular flexibility index (Phi) is 3.78. The summed E-state index contributed by atoms with van der Waals surface area (Å²) in [5.74, 6) is 0.965. The Labute approximate surface area is 113 Å². The van der Waals surface area contributed by atoms with E-state index in [4.69, 9.17) is 5.73 Å². The average Bonchev–Trinajstić information content (AvgIpc) is 2.85. The average molecular weight is 262 g/mol. The first-order chi connectivity index (χ1) is 9.02. The van der Waals surface area contributed by atoms with Crippen molar-refractivity contribution in [3.63, 3.8) is 0 Å². The zero-order valence-corrected chi connectivity index (χ0v) is 12.1. The van der Waals surface area contributed by atoms with Crippen molar-refractivity contribution in [3.8, 4) is 0 Å². The molecule has 0 fully saturated rings. The first kappa shape index (κ1) is 13.5. The molecule has 0 aliphatic rings. The van der Waals surface area contributed by atoms with Crippen LogP contribution in [0.4, 0.5) is 11.5 Å². The zero-order valence-electron chi connectivity index (χ0n) is 12.1. The van der Waals surface area contributed by atoms with Crippen LogP contribution in [0, 0.1) is 0 Å². The highest BCUT2D eigenvalue weighted by atomic mass is 15.4. The Hall–Kier alpha value is -1.98. The Morgan fingerprint density at radius 2 is 2.11 bits per heavy atom. The lowest BCUT2D eigenvalue weighted by Gasteiger charge is -2.19. The van der Waals surface area contributed by atoms with Gasteiger partial charge in [0, 0.05) is 39.4 Å². The molecule has 2 N–H and O–H groups in total. The van der Waals surface area contributed by atoms with Gasteiger partial charge in [-0.1, -0.05) is 13.3 Å². The van der Waals surface area contributed by atoms with Crippen LogP contribution in [-0.4, -0.2) is 26.6 Å². The number of nitrogen functional groups attached to an aromatic ring is 1. The molecule has 0 bridgehead atoms. The summed E-state index contributed by atoms with van der Waals surface area (Å²) in [6, 6.07) is 0. The quantitative estimate of drug-likeness (QED) is 0.882. The summed E-state index contributed by atoms with van der Waals surface area (Å²) in [5, 5.41) is 8.68. The molecule has 2 heterocycles. The van der Waals surface area contributed by atoms with Gasteiger partial charge in [-0.2, -0.15) is 10.2 Å². The van der Waals surface area contributed by atoms with E-state index in [1.165, 1.54) is 0 Å². The predicted molar refractivity (Wildman–Crippen MR) is 76.9 cm³/mol. The van der Waals surface area contributed by atoms with Crippen LogP contribution in [0.5, 0.6) is 0 Å². The van der Waals surface area contributed by atoms with Gasteiger partial charge in [0.15, 0.2) is 0 Å². The Balaban J connectivity index is 2.21. The number of aromatic nitrogens is 4. The normalized spacial score (nSPS) is 10.9. The Bertz CT molecular complexity index is 553. The monoisotopic (exact) mass is 262 g/mol. The van der Waals surface area contributed by atoms with Crippen LogP contribution in [-0.2, 0) is 27.1 Å². The highest BCUT2D eigenvalue weighted by Gasteiger charge is 2.16. The minimum absolute atomic E-state index is 0.767. The highest BCUT2D eigenvalue weighted by molar-refractivity contribution is 5.66. The summed E-state index contributed by atoms with van der Waals surface area (Å²) in [6.07, 6.45) is 5.85. The van der Waals surface area contributed by atoms with Gasteiger partial charge in [-0.25, -0.2) is 0 Å². The second kappa shape index (κ2) is 5.34. The first-order valence-corrected chi connectivity index (χ1v) is 6.53. The summed E-state index contributed by atoms with van der Waals surface area (Å²) in [6.45, 7) is 2.90. The molecule has 104 valence electrons. The number of rotatable bonds is 5. The van der Waals surface area contributed by atoms with Gasteiger partial charge in [-0.05, 0) is 6.42 Å². The standard InChI is InChI=1S/C13H22N6/c1-5-6-11-12(14)13(19(4)16-11)17(2)8-10-7-15-18(3)9-10/h7,9H,5-6,8,14H2,1-4H3. The second-order valence-corrected chi connectivity index (χ2v) is 4.94. The minimum Gasteiger partial charge on any atom is -0.394 e. The molecule has 0 radical (unpaired) electrons. The lowest BCUT2D eigenvalue weighted by atomic mass is 10.2. The van der Waals surface area contributed by atoms with Crippen molar-refractivity contribution >= 4 is 11.5 Å². The number of hydrogen-bond donors (Lipinski definition) is 1. The van der Waals surface area contributed by atoms with Gasteiger partial charge < -0.3 is 10.6 Å². The molecule has 0 unspecified atom stereocenters. The number of nitrogens with two attached hydrogens (primary N) is 1. The van der Waals surface area contributed by atoms with E-state index >= 15 is 0 Å². The third kappa shape index (κ3) is 2.72. The maximum atomic E-state index is 6.20. The van der Waals surface area contributed by atoms with Crippen molar-refractivity contribution in [2.24, 2.45) is 14.1 Å². The molecule has 6 nitrogen and oxygen atoms in total. The fourth-order valence-corrected chi connectivity index (χ4v) is 2.36. The van der Waals surface area contributed by atoms with Crippen molar-refractivity contribution in [1.82, 2.24) is 19.6 Å². The maximum absolute atomic E-state index is 6.20. The molecule has 19 heavy (non-hydrogen) atoms. The Morgan fingerprint density at radius 1 is 1.37 bits per heavy atom. The van der Waals surface area contributed by atoms with Crippen molar-refractivity contribution in [1.29, 1.82) is 0 Å². The summed E-state index contributed by atoms with van der Waals surface area (Å²) < 4.78 is 3.66. The number of aryl methyl sites for hydroxylation is 3. The van der Waals surface area contributed by atoms with E-state index in [0.717, 1.165) is 42.1 Å². The molecule has 0 aliphatic carbocycles. The molecule has 2 aromatic heterocycles. The third-order valence-electron chi connectivity index (χ3n) is 3.16. The van der Waals surface area contributed by atoms with E-state index in [2.05, 4.69) is 22.0 Å². The molecule has 2 aromatic rings. The predicted octanol–water partition coefficient (Wildman–Crippen LogP) is 1.32. The van der Waals surface area contributed by atoms with Gasteiger partial charge >= 0.3 is 0 Å². The van der Waals surface area contributed by atoms with E-state index in [0.29, 0.717) is 0 Å². The zero-order chi connectivity index (χ0) is 14.0. The molecule has 0 saturated carbocycles. The van der Waals surface area contributed by atoms with Crippen LogP contribution < -0.4 is 10.6 Å². The van der Waals surface area contributed by atoms with Gasteiger partial charge in [0.2, 0.25) is 0 Å². The fraction of sp³-hybridized carbons (Fsp3) is 0.538. The van der Waals surface area contributed by atoms with Crippen LogP contribution in [0.3, 0.4) is 0 Å². The highest BCUT2D eigenvalue weighted by Crippen LogP contribution is 2.27. The van der Waals surface area contributed by atoms with Crippen molar-refractivity contribution in [2.45, 2.75) is 26.3 Å². The Morgan fingerprint density at radius 3 is 2.68 bits per heavy atom. The van der Waals surface area contributed by atoms with Gasteiger partial charge in [0.25, 0.3) is 0 Å². The largest absolute Gasteiger partial charge is 0.394 e. The van der Waals surface area contributed by atoms with Gasteiger partial charge in [-0.3, -0.25) is 9.36 Å². The van der Waals surface area contributed by atoms with Crippen LogP contribution in [0.2, 0.25) is 0 Å². The molecule has 0 amide bonds. The summed E-state index contributed by atoms with van der Waals surface area (Å²) in [5.41, 5.74) is 9.13. The summed E-state index contributed by atoms with van der Waals surface area (Å²) >= 11 is 0. The van der Waals surface area contributed by atoms with Gasteiger partial charge in [0.05, 0.1) is 17.6 Å². The SMILES string of the molecule is CCCc1nn(C)c(N(C)Cc2cnn(C)c2)c1N. The number of nitrogens with zero attached hydrogens (tertiary/aromatic N) is 5. The number of anilines is 2. The van der Waals surface area contributed by atoms with Gasteiger partial charge in [0.1, 0.15) is 5.82 Å². The van der Waals surface area contributed by atoms with E-state index < -0.39 is 0 Å². The van der Waals surface area contributed by atoms with E-state index in [1.54, 1.807) is 4.68 Å². The van der Waals surface area contributed by atoms with Crippen LogP contribution in [0.1, 0.15) is 24.6 Å². The fourth-order valence-electron chi connectivity index (χ4n) is 2.36. The number of hydrogen-bond acceptors (Lipinski definition) is 4. The lowest BCUT2D eigenvalue weighted by Crippen LogP contribution is -2.20.